The maximum atomic E-state index is 11.9. The summed E-state index contributed by atoms with van der Waals surface area (Å²) in [6.07, 6.45) is 0. The number of rotatable bonds is 3. The molecule has 0 aliphatic heterocycles. The third kappa shape index (κ3) is 3.04. The SMILES string of the molecule is O=C(Nc1ccc(O)c(C(=O)O)c1)c1cccc(Cl)n1. The van der Waals surface area contributed by atoms with Gasteiger partial charge in [0, 0.05) is 5.69 Å². The van der Waals surface area contributed by atoms with E-state index in [0.29, 0.717) is 0 Å². The van der Waals surface area contributed by atoms with Crippen LogP contribution in [0.15, 0.2) is 36.4 Å². The van der Waals surface area contributed by atoms with E-state index in [1.54, 1.807) is 6.07 Å². The van der Waals surface area contributed by atoms with Crippen LogP contribution in [0.4, 0.5) is 5.69 Å². The van der Waals surface area contributed by atoms with Crippen LogP contribution in [0.25, 0.3) is 0 Å². The molecule has 0 aliphatic rings. The summed E-state index contributed by atoms with van der Waals surface area (Å²) in [5.41, 5.74) is 0.0243. The Hall–Kier alpha value is -2.60. The second-order valence-corrected chi connectivity index (χ2v) is 4.22. The summed E-state index contributed by atoms with van der Waals surface area (Å²) in [6, 6.07) is 8.29. The number of carboxylic acids is 1. The predicted molar refractivity (Wildman–Crippen MR) is 72.3 cm³/mol. The fourth-order valence-electron chi connectivity index (χ4n) is 1.51. The van der Waals surface area contributed by atoms with E-state index in [2.05, 4.69) is 10.3 Å². The van der Waals surface area contributed by atoms with Gasteiger partial charge in [0.1, 0.15) is 22.2 Å². The molecule has 6 nitrogen and oxygen atoms in total. The largest absolute Gasteiger partial charge is 0.507 e. The number of aromatic nitrogens is 1. The topological polar surface area (TPSA) is 99.5 Å². The summed E-state index contributed by atoms with van der Waals surface area (Å²) in [5, 5.41) is 20.9. The lowest BCUT2D eigenvalue weighted by molar-refractivity contribution is 0.0693. The van der Waals surface area contributed by atoms with E-state index >= 15 is 0 Å². The van der Waals surface area contributed by atoms with Crippen molar-refractivity contribution >= 4 is 29.2 Å². The molecular weight excluding hydrogens is 284 g/mol. The standard InChI is InChI=1S/C13H9ClN2O4/c14-11-3-1-2-9(16-11)12(18)15-7-4-5-10(17)8(6-7)13(19)20/h1-6,17H,(H,15,18)(H,19,20). The molecule has 2 aromatic rings. The number of hydrogen-bond donors (Lipinski definition) is 3. The number of phenols is 1. The van der Waals surface area contributed by atoms with Gasteiger partial charge >= 0.3 is 5.97 Å². The molecule has 0 unspecified atom stereocenters. The first kappa shape index (κ1) is 13.8. The zero-order valence-corrected chi connectivity index (χ0v) is 10.8. The molecule has 1 amide bonds. The fourth-order valence-corrected chi connectivity index (χ4v) is 1.68. The number of aromatic hydroxyl groups is 1. The van der Waals surface area contributed by atoms with Crippen LogP contribution in [0.1, 0.15) is 20.8 Å². The summed E-state index contributed by atoms with van der Waals surface area (Å²) in [7, 11) is 0. The van der Waals surface area contributed by atoms with Crippen LogP contribution in [0, 0.1) is 0 Å². The minimum absolute atomic E-state index is 0.0995. The van der Waals surface area contributed by atoms with E-state index in [1.165, 1.54) is 24.3 Å². The van der Waals surface area contributed by atoms with E-state index in [9.17, 15) is 14.7 Å². The van der Waals surface area contributed by atoms with Gasteiger partial charge in [-0.05, 0) is 30.3 Å². The zero-order valence-electron chi connectivity index (χ0n) is 10.0. The molecule has 0 spiro atoms. The van der Waals surface area contributed by atoms with Gasteiger partial charge in [0.05, 0.1) is 0 Å². The number of carbonyl (C=O) groups excluding carboxylic acids is 1. The van der Waals surface area contributed by atoms with Crippen molar-refractivity contribution in [3.05, 3.63) is 52.8 Å². The van der Waals surface area contributed by atoms with Crippen LogP contribution in [-0.4, -0.2) is 27.1 Å². The Morgan fingerprint density at radius 3 is 2.60 bits per heavy atom. The van der Waals surface area contributed by atoms with Crippen molar-refractivity contribution in [1.29, 1.82) is 0 Å². The van der Waals surface area contributed by atoms with Gasteiger partial charge in [-0.3, -0.25) is 4.79 Å². The van der Waals surface area contributed by atoms with E-state index in [0.717, 1.165) is 6.07 Å². The molecule has 0 saturated heterocycles. The lowest BCUT2D eigenvalue weighted by Gasteiger charge is -2.07. The van der Waals surface area contributed by atoms with Crippen molar-refractivity contribution in [2.45, 2.75) is 0 Å². The Morgan fingerprint density at radius 2 is 1.95 bits per heavy atom. The third-order valence-electron chi connectivity index (χ3n) is 2.43. The highest BCUT2D eigenvalue weighted by atomic mass is 35.5. The molecule has 0 radical (unpaired) electrons. The molecule has 0 fully saturated rings. The number of hydrogen-bond acceptors (Lipinski definition) is 4. The van der Waals surface area contributed by atoms with Crippen molar-refractivity contribution in [3.8, 4) is 5.75 Å². The van der Waals surface area contributed by atoms with E-state index in [4.69, 9.17) is 16.7 Å². The average molecular weight is 293 g/mol. The fraction of sp³-hybridized carbons (Fsp3) is 0. The smallest absolute Gasteiger partial charge is 0.339 e. The third-order valence-corrected chi connectivity index (χ3v) is 2.64. The molecule has 1 aromatic carbocycles. The second kappa shape index (κ2) is 5.58. The van der Waals surface area contributed by atoms with Crippen LogP contribution in [0.3, 0.4) is 0 Å². The van der Waals surface area contributed by atoms with Gasteiger partial charge < -0.3 is 15.5 Å². The lowest BCUT2D eigenvalue weighted by Crippen LogP contribution is -2.14. The molecular formula is C13H9ClN2O4. The number of halogens is 1. The number of benzene rings is 1. The minimum Gasteiger partial charge on any atom is -0.507 e. The number of pyridine rings is 1. The van der Waals surface area contributed by atoms with Crippen molar-refractivity contribution in [2.75, 3.05) is 5.32 Å². The summed E-state index contributed by atoms with van der Waals surface area (Å²) in [6.45, 7) is 0. The highest BCUT2D eigenvalue weighted by Crippen LogP contribution is 2.21. The predicted octanol–water partition coefficient (Wildman–Crippen LogP) is 2.39. The number of anilines is 1. The maximum Gasteiger partial charge on any atom is 0.339 e. The molecule has 0 atom stereocenters. The van der Waals surface area contributed by atoms with Gasteiger partial charge in [0.25, 0.3) is 5.91 Å². The quantitative estimate of drug-likeness (QED) is 0.596. The van der Waals surface area contributed by atoms with Gasteiger partial charge in [-0.15, -0.1) is 0 Å². The molecule has 2 rings (SSSR count). The molecule has 1 aromatic heterocycles. The Balaban J connectivity index is 2.24. The number of nitrogens with one attached hydrogen (secondary N) is 1. The number of carboxylic acid groups (broad SMARTS) is 1. The molecule has 0 bridgehead atoms. The second-order valence-electron chi connectivity index (χ2n) is 3.84. The van der Waals surface area contributed by atoms with E-state index in [-0.39, 0.29) is 27.8 Å². The van der Waals surface area contributed by atoms with Crippen molar-refractivity contribution in [3.63, 3.8) is 0 Å². The van der Waals surface area contributed by atoms with Gasteiger partial charge in [-0.1, -0.05) is 17.7 Å². The van der Waals surface area contributed by atoms with E-state index in [1.807, 2.05) is 0 Å². The molecule has 7 heteroatoms. The first-order valence-corrected chi connectivity index (χ1v) is 5.85. The summed E-state index contributed by atoms with van der Waals surface area (Å²) >= 11 is 5.68. The Kier molecular flexibility index (Phi) is 3.86. The van der Waals surface area contributed by atoms with E-state index < -0.39 is 11.9 Å². The first-order chi connectivity index (χ1) is 9.47. The van der Waals surface area contributed by atoms with Crippen LogP contribution >= 0.6 is 11.6 Å². The number of amides is 1. The van der Waals surface area contributed by atoms with Crippen LogP contribution < -0.4 is 5.32 Å². The normalized spacial score (nSPS) is 10.1. The lowest BCUT2D eigenvalue weighted by atomic mass is 10.1. The van der Waals surface area contributed by atoms with Gasteiger partial charge in [-0.2, -0.15) is 0 Å². The van der Waals surface area contributed by atoms with Crippen LogP contribution in [-0.2, 0) is 0 Å². The molecule has 102 valence electrons. The first-order valence-electron chi connectivity index (χ1n) is 5.47. The zero-order chi connectivity index (χ0) is 14.7. The average Bonchev–Trinajstić information content (AvgIpc) is 2.40. The van der Waals surface area contributed by atoms with Crippen molar-refractivity contribution in [2.24, 2.45) is 0 Å². The minimum atomic E-state index is -1.29. The summed E-state index contributed by atoms with van der Waals surface area (Å²) in [4.78, 5) is 26.6. The highest BCUT2D eigenvalue weighted by Gasteiger charge is 2.13. The number of nitrogens with zero attached hydrogens (tertiary/aromatic N) is 1. The highest BCUT2D eigenvalue weighted by molar-refractivity contribution is 6.29. The van der Waals surface area contributed by atoms with Gasteiger partial charge in [0.2, 0.25) is 0 Å². The monoisotopic (exact) mass is 292 g/mol. The van der Waals surface area contributed by atoms with Gasteiger partial charge in [0.15, 0.2) is 0 Å². The number of carbonyl (C=O) groups is 2. The molecule has 20 heavy (non-hydrogen) atoms. The molecule has 0 aliphatic carbocycles. The maximum absolute atomic E-state index is 11.9. The van der Waals surface area contributed by atoms with Crippen LogP contribution in [0.5, 0.6) is 5.75 Å². The van der Waals surface area contributed by atoms with Crippen molar-refractivity contribution < 1.29 is 19.8 Å². The Labute approximate surface area is 118 Å². The Bertz CT molecular complexity index is 688. The summed E-state index contributed by atoms with van der Waals surface area (Å²) in [5.74, 6) is -2.20. The molecule has 1 heterocycles. The van der Waals surface area contributed by atoms with Crippen LogP contribution in [0.2, 0.25) is 5.15 Å². The Morgan fingerprint density at radius 1 is 1.20 bits per heavy atom. The van der Waals surface area contributed by atoms with Crippen molar-refractivity contribution in [1.82, 2.24) is 4.98 Å². The number of aromatic carboxylic acids is 1. The summed E-state index contributed by atoms with van der Waals surface area (Å²) < 4.78 is 0. The molecule has 3 N–H and O–H groups in total. The van der Waals surface area contributed by atoms with Gasteiger partial charge in [-0.25, -0.2) is 9.78 Å². The molecule has 0 saturated carbocycles.